The van der Waals surface area contributed by atoms with Crippen LogP contribution >= 0.6 is 0 Å². The number of aryl methyl sites for hydroxylation is 1. The Labute approximate surface area is 106 Å². The summed E-state index contributed by atoms with van der Waals surface area (Å²) in [4.78, 5) is 22.4. The molecule has 0 bridgehead atoms. The van der Waals surface area contributed by atoms with Gasteiger partial charge in [0, 0.05) is 6.54 Å². The molecule has 0 aliphatic carbocycles. The number of hydrazone groups is 1. The van der Waals surface area contributed by atoms with Crippen molar-refractivity contribution < 1.29 is 9.59 Å². The summed E-state index contributed by atoms with van der Waals surface area (Å²) in [5, 5.41) is 6.03. The summed E-state index contributed by atoms with van der Waals surface area (Å²) in [6, 6.07) is 7.59. The lowest BCUT2D eigenvalue weighted by Crippen LogP contribution is -2.37. The Balaban J connectivity index is 2.44. The Morgan fingerprint density at radius 3 is 2.56 bits per heavy atom. The molecule has 18 heavy (non-hydrogen) atoms. The summed E-state index contributed by atoms with van der Waals surface area (Å²) in [6.07, 6.45) is 2.96. The van der Waals surface area contributed by atoms with Crippen molar-refractivity contribution in [2.45, 2.75) is 6.92 Å². The molecule has 0 aliphatic rings. The molecule has 0 atom stereocenters. The van der Waals surface area contributed by atoms with Crippen molar-refractivity contribution in [2.75, 3.05) is 6.54 Å². The van der Waals surface area contributed by atoms with Crippen molar-refractivity contribution in [2.24, 2.45) is 5.10 Å². The molecule has 5 nitrogen and oxygen atoms in total. The van der Waals surface area contributed by atoms with E-state index in [4.69, 9.17) is 0 Å². The number of benzene rings is 1. The second-order valence-corrected chi connectivity index (χ2v) is 3.61. The zero-order chi connectivity index (χ0) is 13.4. The molecule has 1 aromatic carbocycles. The fraction of sp³-hybridized carbons (Fsp3) is 0.154. The molecule has 0 fully saturated rings. The van der Waals surface area contributed by atoms with E-state index in [0.29, 0.717) is 0 Å². The third kappa shape index (κ3) is 4.61. The molecular weight excluding hydrogens is 230 g/mol. The maximum atomic E-state index is 11.2. The number of nitrogens with zero attached hydrogens (tertiary/aromatic N) is 1. The highest BCUT2D eigenvalue weighted by Gasteiger charge is 2.10. The van der Waals surface area contributed by atoms with E-state index in [1.54, 1.807) is 0 Å². The first-order valence-electron chi connectivity index (χ1n) is 5.42. The number of rotatable bonds is 4. The average Bonchev–Trinajstić information content (AvgIpc) is 2.38. The van der Waals surface area contributed by atoms with Crippen LogP contribution in [0, 0.1) is 6.92 Å². The van der Waals surface area contributed by atoms with Gasteiger partial charge in [0.25, 0.3) is 0 Å². The second-order valence-electron chi connectivity index (χ2n) is 3.61. The maximum Gasteiger partial charge on any atom is 0.329 e. The first-order valence-corrected chi connectivity index (χ1v) is 5.42. The third-order valence-electron chi connectivity index (χ3n) is 2.07. The molecule has 0 saturated carbocycles. The van der Waals surface area contributed by atoms with Gasteiger partial charge < -0.3 is 5.32 Å². The summed E-state index contributed by atoms with van der Waals surface area (Å²) >= 11 is 0. The molecule has 1 rings (SSSR count). The van der Waals surface area contributed by atoms with Crippen molar-refractivity contribution in [3.05, 3.63) is 48.0 Å². The van der Waals surface area contributed by atoms with Crippen LogP contribution in [-0.4, -0.2) is 24.6 Å². The lowest BCUT2D eigenvalue weighted by atomic mass is 10.2. The van der Waals surface area contributed by atoms with Gasteiger partial charge in [0.15, 0.2) is 0 Å². The molecule has 0 radical (unpaired) electrons. The van der Waals surface area contributed by atoms with Gasteiger partial charge in [-0.25, -0.2) is 5.43 Å². The van der Waals surface area contributed by atoms with Crippen molar-refractivity contribution in [3.8, 4) is 0 Å². The van der Waals surface area contributed by atoms with Crippen molar-refractivity contribution in [3.63, 3.8) is 0 Å². The van der Waals surface area contributed by atoms with Gasteiger partial charge in [0.05, 0.1) is 6.21 Å². The van der Waals surface area contributed by atoms with Gasteiger partial charge in [0.2, 0.25) is 0 Å². The van der Waals surface area contributed by atoms with Crippen LogP contribution in [0.5, 0.6) is 0 Å². The van der Waals surface area contributed by atoms with Crippen LogP contribution in [0.2, 0.25) is 0 Å². The molecule has 1 aromatic rings. The molecule has 0 aliphatic heterocycles. The summed E-state index contributed by atoms with van der Waals surface area (Å²) in [5.74, 6) is -1.55. The van der Waals surface area contributed by atoms with Crippen LogP contribution in [0.1, 0.15) is 11.1 Å². The van der Waals surface area contributed by atoms with Crippen LogP contribution in [0.15, 0.2) is 42.0 Å². The van der Waals surface area contributed by atoms with E-state index < -0.39 is 11.8 Å². The standard InChI is InChI=1S/C13H15N3O2/c1-3-8-14-12(17)13(18)16-15-9-11-6-4-10(2)5-7-11/h3-7,9H,1,8H2,2H3,(H,14,17)(H,16,18)/b15-9+. The van der Waals surface area contributed by atoms with E-state index in [1.807, 2.05) is 31.2 Å². The highest BCUT2D eigenvalue weighted by molar-refractivity contribution is 6.35. The van der Waals surface area contributed by atoms with Gasteiger partial charge in [-0.15, -0.1) is 6.58 Å². The zero-order valence-corrected chi connectivity index (χ0v) is 10.1. The predicted molar refractivity (Wildman–Crippen MR) is 70.1 cm³/mol. The number of hydrogen-bond donors (Lipinski definition) is 2. The summed E-state index contributed by atoms with van der Waals surface area (Å²) in [7, 11) is 0. The monoisotopic (exact) mass is 245 g/mol. The Bertz CT molecular complexity index is 464. The lowest BCUT2D eigenvalue weighted by molar-refractivity contribution is -0.139. The molecule has 0 saturated heterocycles. The largest absolute Gasteiger partial charge is 0.344 e. The van der Waals surface area contributed by atoms with Crippen molar-refractivity contribution in [1.82, 2.24) is 10.7 Å². The Hall–Kier alpha value is -2.43. The summed E-state index contributed by atoms with van der Waals surface area (Å²) < 4.78 is 0. The minimum absolute atomic E-state index is 0.244. The van der Waals surface area contributed by atoms with Crippen LogP contribution in [0.25, 0.3) is 0 Å². The molecular formula is C13H15N3O2. The van der Waals surface area contributed by atoms with Crippen molar-refractivity contribution >= 4 is 18.0 Å². The van der Waals surface area contributed by atoms with Crippen LogP contribution in [-0.2, 0) is 9.59 Å². The van der Waals surface area contributed by atoms with Crippen LogP contribution < -0.4 is 10.7 Å². The lowest BCUT2D eigenvalue weighted by Gasteiger charge is -1.99. The number of hydrogen-bond acceptors (Lipinski definition) is 3. The molecule has 2 amide bonds. The minimum Gasteiger partial charge on any atom is -0.344 e. The first kappa shape index (κ1) is 13.6. The Kier molecular flexibility index (Phi) is 5.31. The van der Waals surface area contributed by atoms with Crippen LogP contribution in [0.3, 0.4) is 0 Å². The van der Waals surface area contributed by atoms with E-state index >= 15 is 0 Å². The number of nitrogens with one attached hydrogen (secondary N) is 2. The smallest absolute Gasteiger partial charge is 0.329 e. The van der Waals surface area contributed by atoms with Gasteiger partial charge in [-0.3, -0.25) is 9.59 Å². The van der Waals surface area contributed by atoms with Gasteiger partial charge in [0.1, 0.15) is 0 Å². The molecule has 0 aromatic heterocycles. The minimum atomic E-state index is -0.805. The summed E-state index contributed by atoms with van der Waals surface area (Å²) in [6.45, 7) is 5.65. The van der Waals surface area contributed by atoms with E-state index in [1.165, 1.54) is 12.3 Å². The molecule has 0 unspecified atom stereocenters. The zero-order valence-electron chi connectivity index (χ0n) is 10.1. The SMILES string of the molecule is C=CCNC(=O)C(=O)N/N=C/c1ccc(C)cc1. The van der Waals surface area contributed by atoms with Gasteiger partial charge >= 0.3 is 11.8 Å². The number of carbonyl (C=O) groups excluding carboxylic acids is 2. The molecule has 0 spiro atoms. The van der Waals surface area contributed by atoms with E-state index in [0.717, 1.165) is 11.1 Å². The van der Waals surface area contributed by atoms with Crippen LogP contribution in [0.4, 0.5) is 0 Å². The highest BCUT2D eigenvalue weighted by Crippen LogP contribution is 1.99. The Morgan fingerprint density at radius 1 is 1.28 bits per heavy atom. The van der Waals surface area contributed by atoms with E-state index in [-0.39, 0.29) is 6.54 Å². The van der Waals surface area contributed by atoms with Gasteiger partial charge in [-0.1, -0.05) is 35.9 Å². The topological polar surface area (TPSA) is 70.6 Å². The maximum absolute atomic E-state index is 11.2. The average molecular weight is 245 g/mol. The fourth-order valence-electron chi connectivity index (χ4n) is 1.11. The number of amides is 2. The summed E-state index contributed by atoms with van der Waals surface area (Å²) in [5.41, 5.74) is 4.12. The second kappa shape index (κ2) is 7.01. The van der Waals surface area contributed by atoms with Gasteiger partial charge in [-0.2, -0.15) is 5.10 Å². The van der Waals surface area contributed by atoms with E-state index in [9.17, 15) is 9.59 Å². The highest BCUT2D eigenvalue weighted by atomic mass is 16.2. The van der Waals surface area contributed by atoms with Crippen molar-refractivity contribution in [1.29, 1.82) is 0 Å². The molecule has 2 N–H and O–H groups in total. The number of carbonyl (C=O) groups is 2. The first-order chi connectivity index (χ1) is 8.63. The Morgan fingerprint density at radius 2 is 1.94 bits per heavy atom. The van der Waals surface area contributed by atoms with E-state index in [2.05, 4.69) is 22.4 Å². The fourth-order valence-corrected chi connectivity index (χ4v) is 1.11. The van der Waals surface area contributed by atoms with Gasteiger partial charge in [-0.05, 0) is 12.5 Å². The quantitative estimate of drug-likeness (QED) is 0.355. The third-order valence-corrected chi connectivity index (χ3v) is 2.07. The molecule has 94 valence electrons. The molecule has 0 heterocycles. The predicted octanol–water partition coefficient (Wildman–Crippen LogP) is 0.747. The normalized spacial score (nSPS) is 10.1. The molecule has 5 heteroatoms.